The second-order valence-corrected chi connectivity index (χ2v) is 8.47. The van der Waals surface area contributed by atoms with Crippen LogP contribution in [0.25, 0.3) is 0 Å². The molecule has 2 aliphatic rings. The van der Waals surface area contributed by atoms with Crippen molar-refractivity contribution in [3.05, 3.63) is 124 Å². The number of rotatable bonds is 4. The van der Waals surface area contributed by atoms with E-state index >= 15 is 0 Å². The van der Waals surface area contributed by atoms with Crippen molar-refractivity contribution in [1.29, 1.82) is 0 Å². The van der Waals surface area contributed by atoms with Gasteiger partial charge in [-0.2, -0.15) is 0 Å². The number of hydrogen-bond acceptors (Lipinski definition) is 4. The first-order valence-corrected chi connectivity index (χ1v) is 11.0. The number of anilines is 3. The van der Waals surface area contributed by atoms with Gasteiger partial charge in [-0.3, -0.25) is 9.59 Å². The molecule has 0 aliphatic heterocycles. The molecule has 0 saturated carbocycles. The lowest BCUT2D eigenvalue weighted by Crippen LogP contribution is -2.23. The van der Waals surface area contributed by atoms with Gasteiger partial charge in [0.25, 0.3) is 0 Å². The SMILES string of the molecule is CC1=CC=C(Nc2cccc3c2C(=O)c2c(Nc4ccc(C)cc4)cccc2C3=O)C=CC1. The first-order valence-electron chi connectivity index (χ1n) is 11.0. The van der Waals surface area contributed by atoms with Crippen LogP contribution in [0.1, 0.15) is 50.8 Å². The van der Waals surface area contributed by atoms with Crippen LogP contribution in [0.2, 0.25) is 0 Å². The molecule has 4 nitrogen and oxygen atoms in total. The summed E-state index contributed by atoms with van der Waals surface area (Å²) < 4.78 is 0. The first kappa shape index (κ1) is 20.7. The Hall–Kier alpha value is -4.18. The van der Waals surface area contributed by atoms with Gasteiger partial charge < -0.3 is 10.6 Å². The van der Waals surface area contributed by atoms with Crippen molar-refractivity contribution < 1.29 is 9.59 Å². The first-order chi connectivity index (χ1) is 16.0. The zero-order chi connectivity index (χ0) is 22.9. The number of hydrogen-bond donors (Lipinski definition) is 2. The normalized spacial score (nSPS) is 14.6. The van der Waals surface area contributed by atoms with Crippen molar-refractivity contribution in [1.82, 2.24) is 0 Å². The quantitative estimate of drug-likeness (QED) is 0.376. The third kappa shape index (κ3) is 3.92. The fourth-order valence-corrected chi connectivity index (χ4v) is 4.21. The molecular formula is C29H24N2O2. The van der Waals surface area contributed by atoms with E-state index in [1.165, 1.54) is 5.57 Å². The van der Waals surface area contributed by atoms with E-state index in [0.717, 1.165) is 23.4 Å². The molecular weight excluding hydrogens is 408 g/mol. The highest BCUT2D eigenvalue weighted by atomic mass is 16.1. The van der Waals surface area contributed by atoms with Crippen molar-refractivity contribution in [3.8, 4) is 0 Å². The van der Waals surface area contributed by atoms with Gasteiger partial charge in [0.05, 0.1) is 22.5 Å². The lowest BCUT2D eigenvalue weighted by molar-refractivity contribution is 0.0980. The molecule has 0 spiro atoms. The van der Waals surface area contributed by atoms with Gasteiger partial charge in [0.2, 0.25) is 0 Å². The van der Waals surface area contributed by atoms with Gasteiger partial charge in [-0.1, -0.05) is 59.7 Å². The van der Waals surface area contributed by atoms with E-state index in [1.807, 2.05) is 67.6 Å². The molecule has 0 heterocycles. The van der Waals surface area contributed by atoms with Gasteiger partial charge >= 0.3 is 0 Å². The van der Waals surface area contributed by atoms with Crippen molar-refractivity contribution >= 4 is 28.6 Å². The average molecular weight is 433 g/mol. The zero-order valence-electron chi connectivity index (χ0n) is 18.6. The smallest absolute Gasteiger partial charge is 0.198 e. The van der Waals surface area contributed by atoms with Gasteiger partial charge in [0.15, 0.2) is 11.6 Å². The van der Waals surface area contributed by atoms with Gasteiger partial charge in [-0.25, -0.2) is 0 Å². The van der Waals surface area contributed by atoms with Crippen LogP contribution in [0.15, 0.2) is 96.2 Å². The van der Waals surface area contributed by atoms with Gasteiger partial charge in [-0.15, -0.1) is 0 Å². The molecule has 2 N–H and O–H groups in total. The summed E-state index contributed by atoms with van der Waals surface area (Å²) in [7, 11) is 0. The number of nitrogens with one attached hydrogen (secondary N) is 2. The lowest BCUT2D eigenvalue weighted by Gasteiger charge is -2.23. The maximum Gasteiger partial charge on any atom is 0.198 e. The molecule has 3 aromatic rings. The molecule has 0 radical (unpaired) electrons. The second-order valence-electron chi connectivity index (χ2n) is 8.47. The third-order valence-electron chi connectivity index (χ3n) is 5.97. The van der Waals surface area contributed by atoms with Crippen LogP contribution in [0.5, 0.6) is 0 Å². The maximum absolute atomic E-state index is 13.8. The summed E-state index contributed by atoms with van der Waals surface area (Å²) in [4.78, 5) is 27.2. The highest BCUT2D eigenvalue weighted by molar-refractivity contribution is 6.32. The van der Waals surface area contributed by atoms with Crippen molar-refractivity contribution in [2.24, 2.45) is 0 Å². The van der Waals surface area contributed by atoms with E-state index in [9.17, 15) is 9.59 Å². The molecule has 0 aromatic heterocycles. The Balaban J connectivity index is 1.57. The Morgan fingerprint density at radius 1 is 0.697 bits per heavy atom. The topological polar surface area (TPSA) is 58.2 Å². The summed E-state index contributed by atoms with van der Waals surface area (Å²) in [6.07, 6.45) is 9.02. The molecule has 0 bridgehead atoms. The van der Waals surface area contributed by atoms with Gasteiger partial charge in [-0.05, 0) is 56.7 Å². The number of carbonyl (C=O) groups excluding carboxylic acids is 2. The molecule has 3 aromatic carbocycles. The number of ketones is 2. The highest BCUT2D eigenvalue weighted by Crippen LogP contribution is 2.37. The van der Waals surface area contributed by atoms with Crippen LogP contribution in [0.4, 0.5) is 17.1 Å². The van der Waals surface area contributed by atoms with E-state index in [1.54, 1.807) is 12.1 Å². The van der Waals surface area contributed by atoms with Gasteiger partial charge in [0, 0.05) is 22.5 Å². The monoisotopic (exact) mass is 432 g/mol. The molecule has 0 saturated heterocycles. The molecule has 0 fully saturated rings. The van der Waals surface area contributed by atoms with Crippen LogP contribution in [-0.4, -0.2) is 11.6 Å². The Labute approximate surface area is 193 Å². The molecule has 0 atom stereocenters. The summed E-state index contributed by atoms with van der Waals surface area (Å²) in [5.41, 5.74) is 7.07. The van der Waals surface area contributed by atoms with Crippen molar-refractivity contribution in [3.63, 3.8) is 0 Å². The number of benzene rings is 3. The Morgan fingerprint density at radius 3 is 2.00 bits per heavy atom. The summed E-state index contributed by atoms with van der Waals surface area (Å²) in [5.74, 6) is -0.306. The number of allylic oxidation sites excluding steroid dienone is 5. The van der Waals surface area contributed by atoms with E-state index < -0.39 is 0 Å². The van der Waals surface area contributed by atoms with E-state index in [-0.39, 0.29) is 11.6 Å². The Morgan fingerprint density at radius 2 is 1.33 bits per heavy atom. The molecule has 2 aliphatic carbocycles. The molecule has 4 heteroatoms. The standard InChI is InChI=1S/C29H24N2O2/c1-18-6-3-7-20(15-12-18)30-24-10-4-8-22-26(24)29(33)27-23(28(22)32)9-5-11-25(27)31-21-16-13-19(2)14-17-21/h3-5,7-17,30-31H,6H2,1-2H3. The van der Waals surface area contributed by atoms with Crippen LogP contribution in [-0.2, 0) is 0 Å². The molecule has 0 amide bonds. The summed E-state index contributed by atoms with van der Waals surface area (Å²) >= 11 is 0. The Bertz CT molecular complexity index is 1380. The van der Waals surface area contributed by atoms with E-state index in [2.05, 4.69) is 29.7 Å². The zero-order valence-corrected chi connectivity index (χ0v) is 18.6. The summed E-state index contributed by atoms with van der Waals surface area (Å²) in [5, 5.41) is 6.69. The maximum atomic E-state index is 13.8. The van der Waals surface area contributed by atoms with Crippen LogP contribution in [0, 0.1) is 6.92 Å². The van der Waals surface area contributed by atoms with Crippen LogP contribution >= 0.6 is 0 Å². The largest absolute Gasteiger partial charge is 0.355 e. The molecule has 33 heavy (non-hydrogen) atoms. The minimum atomic E-state index is -0.164. The van der Waals surface area contributed by atoms with Crippen LogP contribution in [0.3, 0.4) is 0 Å². The molecule has 5 rings (SSSR count). The minimum absolute atomic E-state index is 0.142. The fourth-order valence-electron chi connectivity index (χ4n) is 4.21. The van der Waals surface area contributed by atoms with Crippen LogP contribution < -0.4 is 10.6 Å². The van der Waals surface area contributed by atoms with E-state index in [4.69, 9.17) is 0 Å². The predicted molar refractivity (Wildman–Crippen MR) is 133 cm³/mol. The lowest BCUT2D eigenvalue weighted by atomic mass is 9.82. The van der Waals surface area contributed by atoms with Crippen molar-refractivity contribution in [2.45, 2.75) is 20.3 Å². The second kappa shape index (κ2) is 8.40. The van der Waals surface area contributed by atoms with Gasteiger partial charge in [0.1, 0.15) is 0 Å². The summed E-state index contributed by atoms with van der Waals surface area (Å²) in [6.45, 7) is 4.10. The predicted octanol–water partition coefficient (Wildman–Crippen LogP) is 6.72. The Kier molecular flexibility index (Phi) is 5.27. The number of fused-ring (bicyclic) bond motifs is 2. The molecule has 0 unspecified atom stereocenters. The minimum Gasteiger partial charge on any atom is -0.355 e. The summed E-state index contributed by atoms with van der Waals surface area (Å²) in [6, 6.07) is 18.7. The third-order valence-corrected chi connectivity index (χ3v) is 5.97. The number of aryl methyl sites for hydroxylation is 1. The highest BCUT2D eigenvalue weighted by Gasteiger charge is 2.33. The molecule has 162 valence electrons. The average Bonchev–Trinajstić information content (AvgIpc) is 3.02. The number of carbonyl (C=O) groups is 2. The van der Waals surface area contributed by atoms with Crippen molar-refractivity contribution in [2.75, 3.05) is 10.6 Å². The fraction of sp³-hybridized carbons (Fsp3) is 0.103. The van der Waals surface area contributed by atoms with E-state index in [0.29, 0.717) is 33.6 Å².